The first-order chi connectivity index (χ1) is 11.1. The van der Waals surface area contributed by atoms with Crippen molar-refractivity contribution in [1.82, 2.24) is 10.3 Å². The Hall–Kier alpha value is -2.21. The number of hydrogen-bond donors (Lipinski definition) is 1. The second-order valence-corrected chi connectivity index (χ2v) is 6.31. The Morgan fingerprint density at radius 3 is 2.70 bits per heavy atom. The van der Waals surface area contributed by atoms with Crippen LogP contribution in [0.2, 0.25) is 0 Å². The van der Waals surface area contributed by atoms with Crippen LogP contribution in [0.4, 0.5) is 5.69 Å². The minimum Gasteiger partial charge on any atom is -0.348 e. The van der Waals surface area contributed by atoms with Gasteiger partial charge in [-0.15, -0.1) is 0 Å². The summed E-state index contributed by atoms with van der Waals surface area (Å²) in [6.07, 6.45) is 4.70. The van der Waals surface area contributed by atoms with Gasteiger partial charge in [0.05, 0.1) is 5.56 Å². The first-order valence-electron chi connectivity index (χ1n) is 7.41. The van der Waals surface area contributed by atoms with Crippen molar-refractivity contribution in [2.75, 3.05) is 11.4 Å². The molecule has 2 heterocycles. The van der Waals surface area contributed by atoms with Gasteiger partial charge in [-0.1, -0.05) is 12.1 Å². The minimum absolute atomic E-state index is 0.169. The van der Waals surface area contributed by atoms with Crippen molar-refractivity contribution in [3.8, 4) is 0 Å². The van der Waals surface area contributed by atoms with E-state index in [0.717, 1.165) is 28.7 Å². The molecule has 0 radical (unpaired) electrons. The van der Waals surface area contributed by atoms with Crippen LogP contribution in [0.15, 0.2) is 47.2 Å². The molecule has 0 spiro atoms. The standard InChI is InChI=1S/C17H16BrN3O2/c18-14-8-13(10-19-11-14)17(23)20-9-12-3-5-15(6-4-12)21-7-1-2-16(21)22/h3-6,8,10-11H,1-2,7,9H2,(H,20,23). The van der Waals surface area contributed by atoms with E-state index >= 15 is 0 Å². The molecule has 1 aliphatic rings. The monoisotopic (exact) mass is 373 g/mol. The molecule has 1 saturated heterocycles. The third kappa shape index (κ3) is 3.76. The Labute approximate surface area is 142 Å². The highest BCUT2D eigenvalue weighted by atomic mass is 79.9. The molecule has 2 aromatic rings. The fraction of sp³-hybridized carbons (Fsp3) is 0.235. The van der Waals surface area contributed by atoms with E-state index in [2.05, 4.69) is 26.2 Å². The Morgan fingerprint density at radius 2 is 2.04 bits per heavy atom. The van der Waals surface area contributed by atoms with Gasteiger partial charge < -0.3 is 10.2 Å². The Kier molecular flexibility index (Phi) is 4.71. The van der Waals surface area contributed by atoms with Gasteiger partial charge in [0.2, 0.25) is 5.91 Å². The number of amides is 2. The van der Waals surface area contributed by atoms with Crippen LogP contribution in [-0.4, -0.2) is 23.3 Å². The molecule has 0 unspecified atom stereocenters. The van der Waals surface area contributed by atoms with Crippen LogP contribution in [0.1, 0.15) is 28.8 Å². The molecule has 1 aromatic carbocycles. The zero-order chi connectivity index (χ0) is 16.2. The molecule has 0 aliphatic carbocycles. The fourth-order valence-electron chi connectivity index (χ4n) is 2.54. The summed E-state index contributed by atoms with van der Waals surface area (Å²) in [5, 5.41) is 2.86. The van der Waals surface area contributed by atoms with Crippen LogP contribution in [0, 0.1) is 0 Å². The molecule has 0 atom stereocenters. The number of benzene rings is 1. The maximum absolute atomic E-state index is 12.1. The molecule has 1 N–H and O–H groups in total. The van der Waals surface area contributed by atoms with Crippen LogP contribution in [-0.2, 0) is 11.3 Å². The molecule has 3 rings (SSSR count). The van der Waals surface area contributed by atoms with Crippen LogP contribution in [0.5, 0.6) is 0 Å². The SMILES string of the molecule is O=C(NCc1ccc(N2CCCC2=O)cc1)c1cncc(Br)c1. The molecule has 23 heavy (non-hydrogen) atoms. The van der Waals surface area contributed by atoms with Gasteiger partial charge in [-0.25, -0.2) is 0 Å². The fourth-order valence-corrected chi connectivity index (χ4v) is 2.90. The topological polar surface area (TPSA) is 62.3 Å². The number of anilines is 1. The zero-order valence-electron chi connectivity index (χ0n) is 12.5. The van der Waals surface area contributed by atoms with Gasteiger partial charge in [0.1, 0.15) is 0 Å². The predicted octanol–water partition coefficient (Wildman–Crippen LogP) is 2.90. The smallest absolute Gasteiger partial charge is 0.253 e. The maximum atomic E-state index is 12.1. The van der Waals surface area contributed by atoms with Gasteiger partial charge >= 0.3 is 0 Å². The van der Waals surface area contributed by atoms with E-state index in [1.807, 2.05) is 24.3 Å². The summed E-state index contributed by atoms with van der Waals surface area (Å²) in [6.45, 7) is 1.21. The molecule has 118 valence electrons. The van der Waals surface area contributed by atoms with Crippen LogP contribution in [0.25, 0.3) is 0 Å². The largest absolute Gasteiger partial charge is 0.348 e. The molecule has 6 heteroatoms. The summed E-state index contributed by atoms with van der Waals surface area (Å²) in [5.74, 6) is 0.00537. The number of halogens is 1. The van der Waals surface area contributed by atoms with Crippen LogP contribution < -0.4 is 10.2 Å². The van der Waals surface area contributed by atoms with Gasteiger partial charge in [0.25, 0.3) is 5.91 Å². The quantitative estimate of drug-likeness (QED) is 0.895. The lowest BCUT2D eigenvalue weighted by atomic mass is 10.2. The molecule has 2 amide bonds. The highest BCUT2D eigenvalue weighted by Crippen LogP contribution is 2.21. The van der Waals surface area contributed by atoms with E-state index in [4.69, 9.17) is 0 Å². The second kappa shape index (κ2) is 6.91. The van der Waals surface area contributed by atoms with Crippen molar-refractivity contribution in [3.63, 3.8) is 0 Å². The molecule has 1 fully saturated rings. The first kappa shape index (κ1) is 15.7. The summed E-state index contributed by atoms with van der Waals surface area (Å²) in [7, 11) is 0. The van der Waals surface area contributed by atoms with E-state index in [9.17, 15) is 9.59 Å². The van der Waals surface area contributed by atoms with Gasteiger partial charge in [-0.3, -0.25) is 14.6 Å². The summed E-state index contributed by atoms with van der Waals surface area (Å²) in [6, 6.07) is 9.43. The molecule has 0 bridgehead atoms. The van der Waals surface area contributed by atoms with Crippen molar-refractivity contribution in [1.29, 1.82) is 0 Å². The lowest BCUT2D eigenvalue weighted by molar-refractivity contribution is -0.117. The first-order valence-corrected chi connectivity index (χ1v) is 8.21. The Bertz CT molecular complexity index is 731. The van der Waals surface area contributed by atoms with Crippen LogP contribution >= 0.6 is 15.9 Å². The average molecular weight is 374 g/mol. The predicted molar refractivity (Wildman–Crippen MR) is 91.1 cm³/mol. The Morgan fingerprint density at radius 1 is 1.26 bits per heavy atom. The third-order valence-corrected chi connectivity index (χ3v) is 4.18. The molecule has 1 aromatic heterocycles. The van der Waals surface area contributed by atoms with Crippen molar-refractivity contribution in [3.05, 3.63) is 58.3 Å². The van der Waals surface area contributed by atoms with Gasteiger partial charge in [-0.2, -0.15) is 0 Å². The number of rotatable bonds is 4. The summed E-state index contributed by atoms with van der Waals surface area (Å²) < 4.78 is 0.768. The van der Waals surface area contributed by atoms with Crippen molar-refractivity contribution >= 4 is 33.4 Å². The van der Waals surface area contributed by atoms with Gasteiger partial charge in [0.15, 0.2) is 0 Å². The van der Waals surface area contributed by atoms with E-state index in [0.29, 0.717) is 18.5 Å². The molecular weight excluding hydrogens is 358 g/mol. The third-order valence-electron chi connectivity index (χ3n) is 3.74. The number of pyridine rings is 1. The van der Waals surface area contributed by atoms with E-state index < -0.39 is 0 Å². The number of carbonyl (C=O) groups excluding carboxylic acids is 2. The van der Waals surface area contributed by atoms with E-state index in [1.165, 1.54) is 6.20 Å². The second-order valence-electron chi connectivity index (χ2n) is 5.39. The van der Waals surface area contributed by atoms with Crippen molar-refractivity contribution in [2.24, 2.45) is 0 Å². The number of nitrogens with one attached hydrogen (secondary N) is 1. The summed E-state index contributed by atoms with van der Waals surface area (Å²) in [5.41, 5.74) is 2.41. The number of aromatic nitrogens is 1. The molecule has 0 saturated carbocycles. The number of nitrogens with zero attached hydrogens (tertiary/aromatic N) is 2. The van der Waals surface area contributed by atoms with Gasteiger partial charge in [0, 0.05) is 42.1 Å². The maximum Gasteiger partial charge on any atom is 0.253 e. The highest BCUT2D eigenvalue weighted by molar-refractivity contribution is 9.10. The van der Waals surface area contributed by atoms with Crippen LogP contribution in [0.3, 0.4) is 0 Å². The van der Waals surface area contributed by atoms with E-state index in [-0.39, 0.29) is 11.8 Å². The normalized spacial score (nSPS) is 14.1. The Balaban J connectivity index is 1.60. The highest BCUT2D eigenvalue weighted by Gasteiger charge is 2.21. The number of hydrogen-bond acceptors (Lipinski definition) is 3. The summed E-state index contributed by atoms with van der Waals surface area (Å²) in [4.78, 5) is 29.6. The molecular formula is C17H16BrN3O2. The average Bonchev–Trinajstić information content (AvgIpc) is 2.99. The molecule has 5 nitrogen and oxygen atoms in total. The van der Waals surface area contributed by atoms with Crippen molar-refractivity contribution in [2.45, 2.75) is 19.4 Å². The van der Waals surface area contributed by atoms with E-state index in [1.54, 1.807) is 17.2 Å². The minimum atomic E-state index is -0.169. The zero-order valence-corrected chi connectivity index (χ0v) is 14.0. The summed E-state index contributed by atoms with van der Waals surface area (Å²) >= 11 is 3.30. The van der Waals surface area contributed by atoms with Crippen molar-refractivity contribution < 1.29 is 9.59 Å². The lowest BCUT2D eigenvalue weighted by Gasteiger charge is -2.16. The van der Waals surface area contributed by atoms with Gasteiger partial charge in [-0.05, 0) is 46.1 Å². The lowest BCUT2D eigenvalue weighted by Crippen LogP contribution is -2.24. The molecule has 1 aliphatic heterocycles. The number of carbonyl (C=O) groups is 2.